The zero-order chi connectivity index (χ0) is 24.2. The monoisotopic (exact) mass is 464 g/mol. The highest BCUT2D eigenvalue weighted by Crippen LogP contribution is 2.41. The number of carbonyl (C=O) groups excluding carboxylic acids is 1. The van der Waals surface area contributed by atoms with Gasteiger partial charge in [0.25, 0.3) is 0 Å². The van der Waals surface area contributed by atoms with Gasteiger partial charge >= 0.3 is 0 Å². The van der Waals surface area contributed by atoms with Crippen LogP contribution in [0.5, 0.6) is 17.2 Å². The molecule has 3 aromatic rings. The van der Waals surface area contributed by atoms with Gasteiger partial charge in [0.2, 0.25) is 5.91 Å². The average molecular weight is 465 g/mol. The van der Waals surface area contributed by atoms with Crippen molar-refractivity contribution < 1.29 is 23.4 Å². The summed E-state index contributed by atoms with van der Waals surface area (Å²) >= 11 is 0. The molecule has 0 aliphatic carbocycles. The van der Waals surface area contributed by atoms with Crippen LogP contribution in [-0.2, 0) is 4.79 Å². The fraction of sp³-hybridized carbons (Fsp3) is 0.370. The summed E-state index contributed by atoms with van der Waals surface area (Å²) in [7, 11) is 4.90. The molecule has 2 aromatic carbocycles. The van der Waals surface area contributed by atoms with E-state index in [0.717, 1.165) is 71.9 Å². The van der Waals surface area contributed by atoms with E-state index in [1.165, 1.54) is 0 Å². The summed E-state index contributed by atoms with van der Waals surface area (Å²) in [5, 5.41) is 0.902. The van der Waals surface area contributed by atoms with Gasteiger partial charge in [-0.2, -0.15) is 0 Å². The normalized spacial score (nSPS) is 15.0. The molecule has 2 heterocycles. The summed E-state index contributed by atoms with van der Waals surface area (Å²) in [6, 6.07) is 9.54. The lowest BCUT2D eigenvalue weighted by Crippen LogP contribution is -2.48. The minimum Gasteiger partial charge on any atom is -0.497 e. The quantitative estimate of drug-likeness (QED) is 0.473. The molecule has 0 saturated carbocycles. The van der Waals surface area contributed by atoms with Crippen LogP contribution in [0, 0.1) is 0 Å². The van der Waals surface area contributed by atoms with Crippen LogP contribution < -0.4 is 14.2 Å². The number of methoxy groups -OCH3 is 3. The third kappa shape index (κ3) is 4.61. The number of likely N-dealkylation sites (N-methyl/N-ethyl adjacent to an activating group) is 1. The van der Waals surface area contributed by atoms with Gasteiger partial charge in [-0.25, -0.2) is 0 Å². The first kappa shape index (κ1) is 23.7. The largest absolute Gasteiger partial charge is 0.497 e. The van der Waals surface area contributed by atoms with E-state index in [0.29, 0.717) is 11.3 Å². The van der Waals surface area contributed by atoms with E-state index >= 15 is 0 Å². The first-order chi connectivity index (χ1) is 16.5. The van der Waals surface area contributed by atoms with Crippen molar-refractivity contribution >= 4 is 22.4 Å². The van der Waals surface area contributed by atoms with E-state index < -0.39 is 0 Å². The lowest BCUT2D eigenvalue weighted by Gasteiger charge is -2.33. The van der Waals surface area contributed by atoms with Crippen LogP contribution in [0.3, 0.4) is 0 Å². The van der Waals surface area contributed by atoms with Crippen LogP contribution in [0.15, 0.2) is 47.1 Å². The molecule has 1 amide bonds. The smallest absolute Gasteiger partial charge is 0.246 e. The maximum Gasteiger partial charge on any atom is 0.246 e. The Kier molecular flexibility index (Phi) is 7.12. The average Bonchev–Trinajstić information content (AvgIpc) is 3.30. The Morgan fingerprint density at radius 3 is 2.35 bits per heavy atom. The first-order valence-electron chi connectivity index (χ1n) is 11.5. The molecule has 180 valence electrons. The number of hydrogen-bond donors (Lipinski definition) is 0. The number of carbonyl (C=O) groups is 1. The van der Waals surface area contributed by atoms with E-state index in [2.05, 4.69) is 11.8 Å². The number of ether oxygens (including phenoxy) is 3. The molecule has 7 nitrogen and oxygen atoms in total. The molecule has 0 N–H and O–H groups in total. The lowest BCUT2D eigenvalue weighted by atomic mass is 9.98. The van der Waals surface area contributed by atoms with Crippen molar-refractivity contribution in [2.24, 2.45) is 0 Å². The lowest BCUT2D eigenvalue weighted by molar-refractivity contribution is -0.127. The Morgan fingerprint density at radius 1 is 0.971 bits per heavy atom. The zero-order valence-electron chi connectivity index (χ0n) is 20.5. The standard InChI is InChI=1S/C27H32N2O5/c1-6-28-9-11-29(12-10-28)27(30)13-18(2)20-15-22-23(17-34-26(22)16-25(20)33-5)21-14-19(31-3)7-8-24(21)32-4/h7-8,13-17H,6,9-12H2,1-5H3/b18-13+. The molecule has 0 bridgehead atoms. The van der Waals surface area contributed by atoms with Crippen molar-refractivity contribution in [1.29, 1.82) is 0 Å². The Morgan fingerprint density at radius 2 is 1.71 bits per heavy atom. The summed E-state index contributed by atoms with van der Waals surface area (Å²) in [6.45, 7) is 8.41. The molecule has 7 heteroatoms. The molecule has 1 aliphatic rings. The third-order valence-electron chi connectivity index (χ3n) is 6.49. The molecule has 1 fully saturated rings. The van der Waals surface area contributed by atoms with Gasteiger partial charge in [-0.3, -0.25) is 4.79 Å². The zero-order valence-corrected chi connectivity index (χ0v) is 20.5. The molecule has 1 aliphatic heterocycles. The highest BCUT2D eigenvalue weighted by molar-refractivity contribution is 6.01. The predicted octanol–water partition coefficient (Wildman–Crippen LogP) is 4.69. The number of nitrogens with zero attached hydrogens (tertiary/aromatic N) is 2. The summed E-state index contributed by atoms with van der Waals surface area (Å²) < 4.78 is 22.5. The van der Waals surface area contributed by atoms with Gasteiger partial charge < -0.3 is 28.4 Å². The number of hydrogen-bond acceptors (Lipinski definition) is 6. The minimum absolute atomic E-state index is 0.0253. The van der Waals surface area contributed by atoms with Gasteiger partial charge in [0.15, 0.2) is 0 Å². The van der Waals surface area contributed by atoms with E-state index in [1.54, 1.807) is 33.7 Å². The van der Waals surface area contributed by atoms with Gasteiger partial charge in [0, 0.05) is 60.4 Å². The molecule has 1 aromatic heterocycles. The van der Waals surface area contributed by atoms with Crippen molar-refractivity contribution in [1.82, 2.24) is 9.80 Å². The number of piperazine rings is 1. The van der Waals surface area contributed by atoms with Crippen LogP contribution in [-0.4, -0.2) is 69.8 Å². The highest BCUT2D eigenvalue weighted by atomic mass is 16.5. The molecule has 0 radical (unpaired) electrons. The second-order valence-corrected chi connectivity index (χ2v) is 8.35. The predicted molar refractivity (Wildman–Crippen MR) is 134 cm³/mol. The molecular weight excluding hydrogens is 432 g/mol. The van der Waals surface area contributed by atoms with E-state index in [4.69, 9.17) is 18.6 Å². The Labute approximate surface area is 200 Å². The van der Waals surface area contributed by atoms with Crippen LogP contribution in [0.2, 0.25) is 0 Å². The van der Waals surface area contributed by atoms with Crippen molar-refractivity contribution in [3.63, 3.8) is 0 Å². The van der Waals surface area contributed by atoms with Gasteiger partial charge in [-0.15, -0.1) is 0 Å². The second-order valence-electron chi connectivity index (χ2n) is 8.35. The van der Waals surface area contributed by atoms with Gasteiger partial charge in [0.05, 0.1) is 27.6 Å². The van der Waals surface area contributed by atoms with Crippen LogP contribution in [0.4, 0.5) is 0 Å². The van der Waals surface area contributed by atoms with Crippen molar-refractivity contribution in [3.05, 3.63) is 48.2 Å². The van der Waals surface area contributed by atoms with E-state index in [1.807, 2.05) is 42.2 Å². The number of furan rings is 1. The minimum atomic E-state index is 0.0253. The number of amides is 1. The molecule has 4 rings (SSSR count). The molecule has 1 saturated heterocycles. The highest BCUT2D eigenvalue weighted by Gasteiger charge is 2.21. The molecule has 0 spiro atoms. The molecular formula is C27H32N2O5. The summed E-state index contributed by atoms with van der Waals surface area (Å²) in [4.78, 5) is 17.2. The van der Waals surface area contributed by atoms with Gasteiger partial charge in [0.1, 0.15) is 22.8 Å². The topological polar surface area (TPSA) is 64.4 Å². The number of allylic oxidation sites excluding steroid dienone is 1. The van der Waals surface area contributed by atoms with Gasteiger partial charge in [-0.1, -0.05) is 6.92 Å². The molecule has 0 atom stereocenters. The summed E-state index contributed by atoms with van der Waals surface area (Å²) in [6.07, 6.45) is 3.42. The third-order valence-corrected chi connectivity index (χ3v) is 6.49. The Bertz CT molecular complexity index is 1210. The SMILES string of the molecule is CCN1CCN(C(=O)/C=C(\C)c2cc3c(-c4cc(OC)ccc4OC)coc3cc2OC)CC1. The van der Waals surface area contributed by atoms with Crippen molar-refractivity contribution in [2.75, 3.05) is 54.1 Å². The molecule has 0 unspecified atom stereocenters. The fourth-order valence-electron chi connectivity index (χ4n) is 4.40. The van der Waals surface area contributed by atoms with Crippen LogP contribution >= 0.6 is 0 Å². The van der Waals surface area contributed by atoms with Crippen LogP contribution in [0.1, 0.15) is 19.4 Å². The first-order valence-corrected chi connectivity index (χ1v) is 11.5. The Hall–Kier alpha value is -3.45. The summed E-state index contributed by atoms with van der Waals surface area (Å²) in [5.74, 6) is 2.12. The van der Waals surface area contributed by atoms with E-state index in [-0.39, 0.29) is 5.91 Å². The van der Waals surface area contributed by atoms with Gasteiger partial charge in [-0.05, 0) is 43.3 Å². The fourth-order valence-corrected chi connectivity index (χ4v) is 4.40. The molecule has 34 heavy (non-hydrogen) atoms. The number of fused-ring (bicyclic) bond motifs is 1. The van der Waals surface area contributed by atoms with Crippen LogP contribution in [0.25, 0.3) is 27.7 Å². The number of rotatable bonds is 7. The summed E-state index contributed by atoms with van der Waals surface area (Å²) in [5.41, 5.74) is 4.12. The second kappa shape index (κ2) is 10.2. The maximum absolute atomic E-state index is 13.0. The maximum atomic E-state index is 13.0. The van der Waals surface area contributed by atoms with E-state index in [9.17, 15) is 4.79 Å². The number of benzene rings is 2. The Balaban J connectivity index is 1.72. The van der Waals surface area contributed by atoms with Crippen molar-refractivity contribution in [2.45, 2.75) is 13.8 Å². The van der Waals surface area contributed by atoms with Crippen molar-refractivity contribution in [3.8, 4) is 28.4 Å².